The van der Waals surface area contributed by atoms with E-state index in [1.807, 2.05) is 12.1 Å². The summed E-state index contributed by atoms with van der Waals surface area (Å²) in [4.78, 5) is 27.0. The molecule has 1 saturated heterocycles. The molecular formula is C21H22N2O5. The summed E-state index contributed by atoms with van der Waals surface area (Å²) in [6, 6.07) is 11.5. The highest BCUT2D eigenvalue weighted by Crippen LogP contribution is 2.37. The van der Waals surface area contributed by atoms with Crippen LogP contribution in [0.2, 0.25) is 0 Å². The number of fused-ring (bicyclic) bond motifs is 1. The number of nitrogens with zero attached hydrogens (tertiary/aromatic N) is 1. The number of benzene rings is 2. The summed E-state index contributed by atoms with van der Waals surface area (Å²) in [5, 5.41) is 12.3. The SMILES string of the molecule is O=C(c1ccc(O)cc1)C1CCN(C(=O)Nc2cccc3c2OCCO3)CC1. The second-order valence-corrected chi connectivity index (χ2v) is 6.93. The van der Waals surface area contributed by atoms with Crippen molar-refractivity contribution >= 4 is 17.5 Å². The van der Waals surface area contributed by atoms with Crippen LogP contribution in [0.4, 0.5) is 10.5 Å². The maximum Gasteiger partial charge on any atom is 0.321 e. The van der Waals surface area contributed by atoms with Gasteiger partial charge in [-0.3, -0.25) is 4.79 Å². The molecule has 2 heterocycles. The Morgan fingerprint density at radius 3 is 2.46 bits per heavy atom. The van der Waals surface area contributed by atoms with Crippen molar-refractivity contribution in [3.05, 3.63) is 48.0 Å². The second kappa shape index (κ2) is 7.80. The molecule has 0 aromatic heterocycles. The quantitative estimate of drug-likeness (QED) is 0.796. The zero-order chi connectivity index (χ0) is 19.5. The molecule has 2 aromatic carbocycles. The number of hydrogen-bond donors (Lipinski definition) is 2. The number of ether oxygens (including phenoxy) is 2. The van der Waals surface area contributed by atoms with Crippen LogP contribution in [0, 0.1) is 5.92 Å². The lowest BCUT2D eigenvalue weighted by atomic mass is 9.89. The number of phenolic OH excluding ortho intramolecular Hbond substituents is 1. The van der Waals surface area contributed by atoms with E-state index in [0.717, 1.165) is 0 Å². The third-order valence-electron chi connectivity index (χ3n) is 5.11. The van der Waals surface area contributed by atoms with Gasteiger partial charge in [0.15, 0.2) is 17.3 Å². The lowest BCUT2D eigenvalue weighted by molar-refractivity contribution is 0.0859. The number of urea groups is 1. The molecule has 1 fully saturated rings. The minimum atomic E-state index is -0.210. The molecule has 2 aromatic rings. The van der Waals surface area contributed by atoms with E-state index >= 15 is 0 Å². The molecule has 28 heavy (non-hydrogen) atoms. The Morgan fingerprint density at radius 1 is 1.00 bits per heavy atom. The predicted molar refractivity (Wildman–Crippen MR) is 103 cm³/mol. The number of carbonyl (C=O) groups excluding carboxylic acids is 2. The Balaban J connectivity index is 1.35. The van der Waals surface area contributed by atoms with Crippen LogP contribution >= 0.6 is 0 Å². The summed E-state index contributed by atoms with van der Waals surface area (Å²) in [6.45, 7) is 1.96. The number of nitrogens with one attached hydrogen (secondary N) is 1. The Bertz CT molecular complexity index is 873. The first-order valence-corrected chi connectivity index (χ1v) is 9.39. The Kier molecular flexibility index (Phi) is 5.06. The van der Waals surface area contributed by atoms with Gasteiger partial charge in [0.25, 0.3) is 0 Å². The van der Waals surface area contributed by atoms with Crippen LogP contribution in [0.25, 0.3) is 0 Å². The highest BCUT2D eigenvalue weighted by Gasteiger charge is 2.28. The first-order valence-electron chi connectivity index (χ1n) is 9.39. The van der Waals surface area contributed by atoms with E-state index in [9.17, 15) is 14.7 Å². The van der Waals surface area contributed by atoms with Crippen LogP contribution in [0.1, 0.15) is 23.2 Å². The molecule has 0 saturated carbocycles. The van der Waals surface area contributed by atoms with Gasteiger partial charge in [-0.2, -0.15) is 0 Å². The van der Waals surface area contributed by atoms with Crippen LogP contribution in [0.5, 0.6) is 17.2 Å². The summed E-state index contributed by atoms with van der Waals surface area (Å²) in [6.07, 6.45) is 1.22. The zero-order valence-corrected chi connectivity index (χ0v) is 15.4. The molecular weight excluding hydrogens is 360 g/mol. The smallest absolute Gasteiger partial charge is 0.321 e. The molecule has 0 radical (unpaired) electrons. The molecule has 7 heteroatoms. The lowest BCUT2D eigenvalue weighted by Gasteiger charge is -2.31. The van der Waals surface area contributed by atoms with E-state index in [1.54, 1.807) is 23.1 Å². The minimum Gasteiger partial charge on any atom is -0.508 e. The predicted octanol–water partition coefficient (Wildman–Crippen LogP) is 3.29. The van der Waals surface area contributed by atoms with Crippen molar-refractivity contribution in [3.63, 3.8) is 0 Å². The largest absolute Gasteiger partial charge is 0.508 e. The number of aromatic hydroxyl groups is 1. The number of rotatable bonds is 3. The molecule has 2 N–H and O–H groups in total. The van der Waals surface area contributed by atoms with E-state index in [4.69, 9.17) is 9.47 Å². The average Bonchev–Trinajstić information content (AvgIpc) is 2.74. The molecule has 0 spiro atoms. The third kappa shape index (κ3) is 3.74. The summed E-state index contributed by atoms with van der Waals surface area (Å²) in [5.41, 5.74) is 1.18. The number of carbonyl (C=O) groups is 2. The first kappa shape index (κ1) is 18.2. The van der Waals surface area contributed by atoms with Crippen LogP contribution in [-0.4, -0.2) is 48.1 Å². The number of ketones is 1. The van der Waals surface area contributed by atoms with E-state index < -0.39 is 0 Å². The van der Waals surface area contributed by atoms with Crippen molar-refractivity contribution in [2.45, 2.75) is 12.8 Å². The number of para-hydroxylation sites is 1. The lowest BCUT2D eigenvalue weighted by Crippen LogP contribution is -2.42. The molecule has 4 rings (SSSR count). The van der Waals surface area contributed by atoms with E-state index in [0.29, 0.717) is 61.9 Å². The van der Waals surface area contributed by atoms with Gasteiger partial charge >= 0.3 is 6.03 Å². The molecule has 0 unspecified atom stereocenters. The first-order chi connectivity index (χ1) is 13.6. The highest BCUT2D eigenvalue weighted by molar-refractivity contribution is 5.98. The van der Waals surface area contributed by atoms with Gasteiger partial charge in [-0.1, -0.05) is 6.07 Å². The Labute approximate surface area is 162 Å². The fourth-order valence-electron chi connectivity index (χ4n) is 3.57. The molecule has 2 amide bonds. The number of phenols is 1. The summed E-state index contributed by atoms with van der Waals surface area (Å²) in [7, 11) is 0. The van der Waals surface area contributed by atoms with E-state index in [2.05, 4.69) is 5.32 Å². The van der Waals surface area contributed by atoms with E-state index in [1.165, 1.54) is 12.1 Å². The van der Waals surface area contributed by atoms with Crippen molar-refractivity contribution in [1.82, 2.24) is 4.90 Å². The number of piperidine rings is 1. The second-order valence-electron chi connectivity index (χ2n) is 6.93. The van der Waals surface area contributed by atoms with Gasteiger partial charge < -0.3 is 24.8 Å². The van der Waals surface area contributed by atoms with Crippen LogP contribution in [-0.2, 0) is 0 Å². The molecule has 0 bridgehead atoms. The molecule has 2 aliphatic rings. The van der Waals surface area contributed by atoms with Crippen LogP contribution < -0.4 is 14.8 Å². The van der Waals surface area contributed by atoms with Gasteiger partial charge in [-0.15, -0.1) is 0 Å². The van der Waals surface area contributed by atoms with Gasteiger partial charge in [0.1, 0.15) is 19.0 Å². The van der Waals surface area contributed by atoms with Crippen molar-refractivity contribution in [3.8, 4) is 17.2 Å². The highest BCUT2D eigenvalue weighted by atomic mass is 16.6. The Hall–Kier alpha value is -3.22. The maximum absolute atomic E-state index is 12.6. The Morgan fingerprint density at radius 2 is 1.71 bits per heavy atom. The molecule has 0 aliphatic carbocycles. The van der Waals surface area contributed by atoms with Gasteiger partial charge in [0, 0.05) is 24.6 Å². The third-order valence-corrected chi connectivity index (χ3v) is 5.11. The van der Waals surface area contributed by atoms with Crippen LogP contribution in [0.3, 0.4) is 0 Å². The molecule has 146 valence electrons. The molecule has 2 aliphatic heterocycles. The number of amides is 2. The number of hydrogen-bond acceptors (Lipinski definition) is 5. The number of Topliss-reactive ketones (excluding diaryl/α,β-unsaturated/α-hetero) is 1. The maximum atomic E-state index is 12.6. The normalized spacial score (nSPS) is 16.5. The van der Waals surface area contributed by atoms with Gasteiger partial charge in [0.05, 0.1) is 5.69 Å². The van der Waals surface area contributed by atoms with Gasteiger partial charge in [-0.25, -0.2) is 4.79 Å². The fourth-order valence-corrected chi connectivity index (χ4v) is 3.57. The van der Waals surface area contributed by atoms with Crippen molar-refractivity contribution < 1.29 is 24.2 Å². The number of anilines is 1. The molecule has 7 nitrogen and oxygen atoms in total. The van der Waals surface area contributed by atoms with Crippen molar-refractivity contribution in [1.29, 1.82) is 0 Å². The van der Waals surface area contributed by atoms with Crippen molar-refractivity contribution in [2.75, 3.05) is 31.6 Å². The van der Waals surface area contributed by atoms with E-state index in [-0.39, 0.29) is 23.5 Å². The standard InChI is InChI=1S/C21H22N2O5/c24-16-6-4-14(5-7-16)19(25)15-8-10-23(11-9-15)21(26)22-17-2-1-3-18-20(17)28-13-12-27-18/h1-7,15,24H,8-13H2,(H,22,26). The average molecular weight is 382 g/mol. The summed E-state index contributed by atoms with van der Waals surface area (Å²) < 4.78 is 11.2. The van der Waals surface area contributed by atoms with Gasteiger partial charge in [0.2, 0.25) is 0 Å². The monoisotopic (exact) mass is 382 g/mol. The number of likely N-dealkylation sites (tertiary alicyclic amines) is 1. The zero-order valence-electron chi connectivity index (χ0n) is 15.4. The minimum absolute atomic E-state index is 0.0581. The topological polar surface area (TPSA) is 88.1 Å². The summed E-state index contributed by atoms with van der Waals surface area (Å²) >= 11 is 0. The van der Waals surface area contributed by atoms with Crippen molar-refractivity contribution in [2.24, 2.45) is 5.92 Å². The fraction of sp³-hybridized carbons (Fsp3) is 0.333. The van der Waals surface area contributed by atoms with Gasteiger partial charge in [-0.05, 0) is 49.2 Å². The summed E-state index contributed by atoms with van der Waals surface area (Å²) in [5.74, 6) is 1.26. The molecule has 0 atom stereocenters. The van der Waals surface area contributed by atoms with Crippen LogP contribution in [0.15, 0.2) is 42.5 Å².